The van der Waals surface area contributed by atoms with Crippen LogP contribution in [-0.4, -0.2) is 26.6 Å². The molecule has 3 heterocycles. The van der Waals surface area contributed by atoms with Crippen molar-refractivity contribution in [1.29, 1.82) is 0 Å². The third-order valence-electron chi connectivity index (χ3n) is 4.86. The van der Waals surface area contributed by atoms with Gasteiger partial charge in [0.25, 0.3) is 0 Å². The highest BCUT2D eigenvalue weighted by atomic mass is 32.2. The lowest BCUT2D eigenvalue weighted by Crippen LogP contribution is -2.14. The minimum atomic E-state index is -0.108. The smallest absolute Gasteiger partial charge is 0.236 e. The number of amides is 1. The van der Waals surface area contributed by atoms with Crippen molar-refractivity contribution >= 4 is 55.7 Å². The van der Waals surface area contributed by atoms with Crippen molar-refractivity contribution in [2.24, 2.45) is 0 Å². The number of rotatable bonds is 6. The summed E-state index contributed by atoms with van der Waals surface area (Å²) in [5, 5.41) is 9.37. The van der Waals surface area contributed by atoms with Gasteiger partial charge in [0.2, 0.25) is 5.91 Å². The quantitative estimate of drug-likeness (QED) is 0.224. The van der Waals surface area contributed by atoms with Crippen LogP contribution < -0.4 is 5.32 Å². The topological polar surface area (TPSA) is 67.8 Å². The van der Waals surface area contributed by atoms with Gasteiger partial charge in [0.1, 0.15) is 16.2 Å². The Balaban J connectivity index is 1.31. The van der Waals surface area contributed by atoms with Crippen LogP contribution in [0.4, 0.5) is 5.13 Å². The maximum atomic E-state index is 12.6. The first-order valence-corrected chi connectivity index (χ1v) is 12.6. The molecule has 0 saturated heterocycles. The second kappa shape index (κ2) is 9.20. The van der Waals surface area contributed by atoms with E-state index in [9.17, 15) is 4.79 Å². The first-order valence-electron chi connectivity index (χ1n) is 9.90. The largest absolute Gasteiger partial charge is 0.301 e. The number of aryl methyl sites for hydroxylation is 1. The molecule has 0 saturated carbocycles. The molecule has 3 aromatic heterocycles. The van der Waals surface area contributed by atoms with Crippen LogP contribution in [0.2, 0.25) is 0 Å². The third-order valence-corrected chi connectivity index (χ3v) is 7.49. The highest BCUT2D eigenvalue weighted by molar-refractivity contribution is 8.00. The lowest BCUT2D eigenvalue weighted by Gasteiger charge is -2.06. The number of hydrogen-bond acceptors (Lipinski definition) is 7. The lowest BCUT2D eigenvalue weighted by atomic mass is 10.1. The van der Waals surface area contributed by atoms with Gasteiger partial charge in [0, 0.05) is 21.9 Å². The third kappa shape index (κ3) is 4.43. The molecule has 0 aliphatic carbocycles. The van der Waals surface area contributed by atoms with E-state index in [1.54, 1.807) is 17.7 Å². The molecular formula is C24H18N4OS3. The van der Waals surface area contributed by atoms with E-state index in [1.807, 2.05) is 35.7 Å². The summed E-state index contributed by atoms with van der Waals surface area (Å²) in [4.78, 5) is 26.9. The van der Waals surface area contributed by atoms with E-state index in [-0.39, 0.29) is 11.7 Å². The van der Waals surface area contributed by atoms with Gasteiger partial charge in [-0.25, -0.2) is 15.0 Å². The number of aromatic nitrogens is 3. The van der Waals surface area contributed by atoms with Gasteiger partial charge in [-0.15, -0.1) is 22.7 Å². The van der Waals surface area contributed by atoms with Crippen molar-refractivity contribution in [2.45, 2.75) is 11.9 Å². The Bertz CT molecular complexity index is 1380. The van der Waals surface area contributed by atoms with Crippen LogP contribution in [-0.2, 0) is 4.79 Å². The van der Waals surface area contributed by atoms with Crippen molar-refractivity contribution < 1.29 is 4.79 Å². The molecule has 0 radical (unpaired) electrons. The molecule has 0 bridgehead atoms. The number of anilines is 1. The van der Waals surface area contributed by atoms with E-state index in [0.717, 1.165) is 37.6 Å². The summed E-state index contributed by atoms with van der Waals surface area (Å²) in [7, 11) is 0. The summed E-state index contributed by atoms with van der Waals surface area (Å²) in [6, 6.07) is 18.3. The SMILES string of the molecule is Cc1ccc(-c2csc3ncnc(SCC(=O)Nc4nc(-c5ccccc5)cs4)c23)cc1. The van der Waals surface area contributed by atoms with Crippen LogP contribution in [0.15, 0.2) is 76.7 Å². The number of fused-ring (bicyclic) bond motifs is 1. The summed E-state index contributed by atoms with van der Waals surface area (Å²) in [5.74, 6) is 0.137. The maximum Gasteiger partial charge on any atom is 0.236 e. The molecule has 8 heteroatoms. The molecule has 32 heavy (non-hydrogen) atoms. The van der Waals surface area contributed by atoms with Gasteiger partial charge in [0.05, 0.1) is 16.8 Å². The summed E-state index contributed by atoms with van der Waals surface area (Å²) in [6.07, 6.45) is 1.56. The molecule has 0 atom stereocenters. The average Bonchev–Trinajstić information content (AvgIpc) is 3.46. The van der Waals surface area contributed by atoms with Gasteiger partial charge in [-0.1, -0.05) is 71.9 Å². The van der Waals surface area contributed by atoms with E-state index in [0.29, 0.717) is 5.13 Å². The molecule has 5 rings (SSSR count). The summed E-state index contributed by atoms with van der Waals surface area (Å²) >= 11 is 4.43. The number of thiazole rings is 1. The van der Waals surface area contributed by atoms with Gasteiger partial charge in [-0.05, 0) is 12.5 Å². The molecule has 0 unspecified atom stereocenters. The number of hydrogen-bond donors (Lipinski definition) is 1. The molecule has 1 amide bonds. The minimum Gasteiger partial charge on any atom is -0.301 e. The molecule has 0 aliphatic rings. The van der Waals surface area contributed by atoms with E-state index in [4.69, 9.17) is 0 Å². The van der Waals surface area contributed by atoms with Gasteiger partial charge in [-0.3, -0.25) is 4.79 Å². The van der Waals surface area contributed by atoms with Gasteiger partial charge in [0.15, 0.2) is 5.13 Å². The van der Waals surface area contributed by atoms with Crippen LogP contribution in [0.25, 0.3) is 32.6 Å². The molecule has 0 aliphatic heterocycles. The zero-order chi connectivity index (χ0) is 21.9. The fourth-order valence-electron chi connectivity index (χ4n) is 3.26. The Hall–Kier alpha value is -3.07. The van der Waals surface area contributed by atoms with E-state index in [1.165, 1.54) is 28.7 Å². The van der Waals surface area contributed by atoms with Crippen LogP contribution in [0.1, 0.15) is 5.56 Å². The molecule has 158 valence electrons. The van der Waals surface area contributed by atoms with Crippen molar-refractivity contribution in [3.05, 3.63) is 77.2 Å². The number of carbonyl (C=O) groups is 1. The number of carbonyl (C=O) groups excluding carboxylic acids is 1. The van der Waals surface area contributed by atoms with Crippen LogP contribution >= 0.6 is 34.4 Å². The number of thiophene rings is 1. The van der Waals surface area contributed by atoms with Crippen molar-refractivity contribution in [3.8, 4) is 22.4 Å². The van der Waals surface area contributed by atoms with Gasteiger partial charge < -0.3 is 5.32 Å². The summed E-state index contributed by atoms with van der Waals surface area (Å²) in [6.45, 7) is 2.07. The van der Waals surface area contributed by atoms with E-state index < -0.39 is 0 Å². The molecule has 0 spiro atoms. The number of nitrogens with zero attached hydrogens (tertiary/aromatic N) is 3. The highest BCUT2D eigenvalue weighted by Gasteiger charge is 2.15. The zero-order valence-electron chi connectivity index (χ0n) is 17.1. The van der Waals surface area contributed by atoms with E-state index in [2.05, 4.69) is 56.8 Å². The first kappa shape index (κ1) is 20.8. The maximum absolute atomic E-state index is 12.6. The Kier molecular flexibility index (Phi) is 5.98. The highest BCUT2D eigenvalue weighted by Crippen LogP contribution is 2.38. The number of thioether (sulfide) groups is 1. The second-order valence-corrected chi connectivity index (χ2v) is 9.80. The van der Waals surface area contributed by atoms with E-state index >= 15 is 0 Å². The fourth-order valence-corrected chi connectivity index (χ4v) is 5.79. The Labute approximate surface area is 197 Å². The molecule has 5 aromatic rings. The van der Waals surface area contributed by atoms with Gasteiger partial charge in [-0.2, -0.15) is 0 Å². The Morgan fingerprint density at radius 1 is 0.969 bits per heavy atom. The molecule has 5 nitrogen and oxygen atoms in total. The molecular weight excluding hydrogens is 456 g/mol. The minimum absolute atomic E-state index is 0.108. The second-order valence-electron chi connectivity index (χ2n) is 7.12. The molecule has 1 N–H and O–H groups in total. The first-order chi connectivity index (χ1) is 15.7. The lowest BCUT2D eigenvalue weighted by molar-refractivity contribution is -0.113. The standard InChI is InChI=1S/C24H18N4OS3/c1-15-7-9-16(10-8-15)18-11-30-22-21(18)23(26-14-25-22)31-13-20(29)28-24-27-19(12-32-24)17-5-3-2-4-6-17/h2-12,14H,13H2,1H3,(H,27,28,29). The average molecular weight is 475 g/mol. The zero-order valence-corrected chi connectivity index (χ0v) is 19.6. The summed E-state index contributed by atoms with van der Waals surface area (Å²) in [5.41, 5.74) is 5.33. The molecule has 0 fully saturated rings. The van der Waals surface area contributed by atoms with Crippen LogP contribution in [0.5, 0.6) is 0 Å². The van der Waals surface area contributed by atoms with Crippen molar-refractivity contribution in [3.63, 3.8) is 0 Å². The molecule has 2 aromatic carbocycles. The van der Waals surface area contributed by atoms with Gasteiger partial charge >= 0.3 is 0 Å². The normalized spacial score (nSPS) is 11.0. The van der Waals surface area contributed by atoms with Crippen molar-refractivity contribution in [2.75, 3.05) is 11.1 Å². The Morgan fingerprint density at radius 2 is 1.78 bits per heavy atom. The Morgan fingerprint density at radius 3 is 2.59 bits per heavy atom. The van der Waals surface area contributed by atoms with Crippen molar-refractivity contribution in [1.82, 2.24) is 15.0 Å². The predicted molar refractivity (Wildman–Crippen MR) is 134 cm³/mol. The monoisotopic (exact) mass is 474 g/mol. The number of nitrogens with one attached hydrogen (secondary N) is 1. The fraction of sp³-hybridized carbons (Fsp3) is 0.0833. The number of benzene rings is 2. The van der Waals surface area contributed by atoms with Crippen LogP contribution in [0.3, 0.4) is 0 Å². The summed E-state index contributed by atoms with van der Waals surface area (Å²) < 4.78 is 0. The predicted octanol–water partition coefficient (Wildman–Crippen LogP) is 6.52. The van der Waals surface area contributed by atoms with Crippen LogP contribution in [0, 0.1) is 6.92 Å².